The average Bonchev–Trinajstić information content (AvgIpc) is 2.59. The molecule has 0 radical (unpaired) electrons. The van der Waals surface area contributed by atoms with Gasteiger partial charge in [-0.05, 0) is 6.92 Å². The third-order valence-corrected chi connectivity index (χ3v) is 2.44. The summed E-state index contributed by atoms with van der Waals surface area (Å²) in [6, 6.07) is 0. The SMILES string of the molecule is COc1cnn(C)c1C(O)CC(C)OC. The van der Waals surface area contributed by atoms with E-state index in [-0.39, 0.29) is 6.10 Å². The highest BCUT2D eigenvalue weighted by Gasteiger charge is 2.20. The molecule has 1 aromatic heterocycles. The van der Waals surface area contributed by atoms with Gasteiger partial charge in [-0.1, -0.05) is 0 Å². The number of hydrogen-bond donors (Lipinski definition) is 1. The molecule has 1 heterocycles. The van der Waals surface area contributed by atoms with Gasteiger partial charge in [0, 0.05) is 20.6 Å². The van der Waals surface area contributed by atoms with Gasteiger partial charge in [0.25, 0.3) is 0 Å². The van der Waals surface area contributed by atoms with E-state index in [1.807, 2.05) is 6.92 Å². The van der Waals surface area contributed by atoms with Gasteiger partial charge in [0.1, 0.15) is 11.8 Å². The van der Waals surface area contributed by atoms with Crippen LogP contribution in [0.25, 0.3) is 0 Å². The largest absolute Gasteiger partial charge is 0.493 e. The quantitative estimate of drug-likeness (QED) is 0.790. The summed E-state index contributed by atoms with van der Waals surface area (Å²) in [6.45, 7) is 1.91. The van der Waals surface area contributed by atoms with Crippen molar-refractivity contribution < 1.29 is 14.6 Å². The number of hydrogen-bond acceptors (Lipinski definition) is 4. The summed E-state index contributed by atoms with van der Waals surface area (Å²) < 4.78 is 11.8. The fourth-order valence-electron chi connectivity index (χ4n) is 1.49. The van der Waals surface area contributed by atoms with Crippen molar-refractivity contribution in [2.45, 2.75) is 25.6 Å². The minimum Gasteiger partial charge on any atom is -0.493 e. The number of aryl methyl sites for hydroxylation is 1. The zero-order chi connectivity index (χ0) is 11.4. The molecule has 5 nitrogen and oxygen atoms in total. The van der Waals surface area contributed by atoms with Crippen molar-refractivity contribution in [1.82, 2.24) is 9.78 Å². The molecule has 0 spiro atoms. The van der Waals surface area contributed by atoms with E-state index in [0.717, 1.165) is 0 Å². The normalized spacial score (nSPS) is 15.0. The summed E-state index contributed by atoms with van der Waals surface area (Å²) in [4.78, 5) is 0. The molecule has 0 fully saturated rings. The Kier molecular flexibility index (Phi) is 4.11. The molecule has 15 heavy (non-hydrogen) atoms. The number of ether oxygens (including phenoxy) is 2. The van der Waals surface area contributed by atoms with Gasteiger partial charge in [-0.3, -0.25) is 4.68 Å². The number of aliphatic hydroxyl groups is 1. The Hall–Kier alpha value is -1.07. The second-order valence-corrected chi connectivity index (χ2v) is 3.52. The van der Waals surface area contributed by atoms with E-state index in [4.69, 9.17) is 9.47 Å². The maximum Gasteiger partial charge on any atom is 0.162 e. The van der Waals surface area contributed by atoms with Gasteiger partial charge >= 0.3 is 0 Å². The van der Waals surface area contributed by atoms with Crippen LogP contribution in [0.1, 0.15) is 25.1 Å². The molecule has 1 aromatic rings. The molecule has 2 atom stereocenters. The van der Waals surface area contributed by atoms with Crippen LogP contribution in [0.4, 0.5) is 0 Å². The van der Waals surface area contributed by atoms with E-state index < -0.39 is 6.10 Å². The molecule has 1 rings (SSSR count). The minimum atomic E-state index is -0.623. The molecule has 0 saturated carbocycles. The highest BCUT2D eigenvalue weighted by molar-refractivity contribution is 5.27. The van der Waals surface area contributed by atoms with Crippen LogP contribution in [-0.2, 0) is 11.8 Å². The Morgan fingerprint density at radius 3 is 2.73 bits per heavy atom. The highest BCUT2D eigenvalue weighted by atomic mass is 16.5. The topological polar surface area (TPSA) is 56.5 Å². The smallest absolute Gasteiger partial charge is 0.162 e. The lowest BCUT2D eigenvalue weighted by Gasteiger charge is -2.16. The Bertz CT molecular complexity index is 312. The molecular formula is C10H18N2O3. The first kappa shape index (κ1) is 12.0. The van der Waals surface area contributed by atoms with E-state index in [0.29, 0.717) is 17.9 Å². The van der Waals surface area contributed by atoms with Crippen LogP contribution >= 0.6 is 0 Å². The van der Waals surface area contributed by atoms with E-state index in [2.05, 4.69) is 5.10 Å². The zero-order valence-corrected chi connectivity index (χ0v) is 9.60. The fourth-order valence-corrected chi connectivity index (χ4v) is 1.49. The Labute approximate surface area is 89.6 Å². The number of aromatic nitrogens is 2. The maximum absolute atomic E-state index is 9.98. The second-order valence-electron chi connectivity index (χ2n) is 3.52. The van der Waals surface area contributed by atoms with E-state index in [1.165, 1.54) is 0 Å². The lowest BCUT2D eigenvalue weighted by Crippen LogP contribution is -2.14. The molecule has 0 aliphatic rings. The van der Waals surface area contributed by atoms with Crippen molar-refractivity contribution in [3.8, 4) is 5.75 Å². The molecular weight excluding hydrogens is 196 g/mol. The summed E-state index contributed by atoms with van der Waals surface area (Å²) >= 11 is 0. The summed E-state index contributed by atoms with van der Waals surface area (Å²) in [5.74, 6) is 0.605. The van der Waals surface area contributed by atoms with Crippen LogP contribution in [0.3, 0.4) is 0 Å². The number of rotatable bonds is 5. The van der Waals surface area contributed by atoms with Crippen molar-refractivity contribution in [2.24, 2.45) is 7.05 Å². The van der Waals surface area contributed by atoms with Gasteiger partial charge in [-0.2, -0.15) is 5.10 Å². The Balaban J connectivity index is 2.80. The third-order valence-electron chi connectivity index (χ3n) is 2.44. The molecule has 5 heteroatoms. The number of nitrogens with zero attached hydrogens (tertiary/aromatic N) is 2. The molecule has 0 aliphatic carbocycles. The second kappa shape index (κ2) is 5.14. The van der Waals surface area contributed by atoms with Gasteiger partial charge in [0.15, 0.2) is 5.75 Å². The van der Waals surface area contributed by atoms with E-state index in [9.17, 15) is 5.11 Å². The van der Waals surface area contributed by atoms with E-state index in [1.54, 1.807) is 32.1 Å². The molecule has 86 valence electrons. The van der Waals surface area contributed by atoms with Crippen molar-refractivity contribution in [1.29, 1.82) is 0 Å². The molecule has 1 N–H and O–H groups in total. The predicted octanol–water partition coefficient (Wildman–Crippen LogP) is 0.887. The summed E-state index contributed by atoms with van der Waals surface area (Å²) in [5, 5.41) is 14.0. The zero-order valence-electron chi connectivity index (χ0n) is 9.60. The first-order chi connectivity index (χ1) is 7.10. The molecule has 0 amide bonds. The van der Waals surface area contributed by atoms with Crippen molar-refractivity contribution in [3.05, 3.63) is 11.9 Å². The van der Waals surface area contributed by atoms with Crippen molar-refractivity contribution in [3.63, 3.8) is 0 Å². The molecule has 2 unspecified atom stereocenters. The van der Waals surface area contributed by atoms with Gasteiger partial charge in [0.2, 0.25) is 0 Å². The van der Waals surface area contributed by atoms with Crippen LogP contribution in [-0.4, -0.2) is 35.2 Å². The summed E-state index contributed by atoms with van der Waals surface area (Å²) in [7, 11) is 4.96. The number of methoxy groups -OCH3 is 2. The average molecular weight is 214 g/mol. The van der Waals surface area contributed by atoms with Gasteiger partial charge in [0.05, 0.1) is 19.4 Å². The minimum absolute atomic E-state index is 0.000365. The Morgan fingerprint density at radius 2 is 2.20 bits per heavy atom. The molecule has 0 aliphatic heterocycles. The van der Waals surface area contributed by atoms with Crippen LogP contribution in [0.15, 0.2) is 6.20 Å². The molecule has 0 bridgehead atoms. The van der Waals surface area contributed by atoms with Gasteiger partial charge in [-0.25, -0.2) is 0 Å². The first-order valence-electron chi connectivity index (χ1n) is 4.86. The predicted molar refractivity (Wildman–Crippen MR) is 55.8 cm³/mol. The summed E-state index contributed by atoms with van der Waals surface area (Å²) in [6.07, 6.45) is 1.49. The van der Waals surface area contributed by atoms with Crippen LogP contribution < -0.4 is 4.74 Å². The Morgan fingerprint density at radius 1 is 1.53 bits per heavy atom. The van der Waals surface area contributed by atoms with Crippen LogP contribution in [0.2, 0.25) is 0 Å². The van der Waals surface area contributed by atoms with Crippen molar-refractivity contribution in [2.75, 3.05) is 14.2 Å². The van der Waals surface area contributed by atoms with E-state index >= 15 is 0 Å². The highest BCUT2D eigenvalue weighted by Crippen LogP contribution is 2.27. The standard InChI is InChI=1S/C10H18N2O3/c1-7(14-3)5-8(13)10-9(15-4)6-11-12(10)2/h6-8,13H,5H2,1-4H3. The first-order valence-corrected chi connectivity index (χ1v) is 4.86. The van der Waals surface area contributed by atoms with Gasteiger partial charge < -0.3 is 14.6 Å². The maximum atomic E-state index is 9.98. The number of aliphatic hydroxyl groups excluding tert-OH is 1. The third kappa shape index (κ3) is 2.70. The monoisotopic (exact) mass is 214 g/mol. The summed E-state index contributed by atoms with van der Waals surface area (Å²) in [5.41, 5.74) is 0.682. The molecule has 0 saturated heterocycles. The van der Waals surface area contributed by atoms with Crippen LogP contribution in [0, 0.1) is 0 Å². The molecule has 0 aromatic carbocycles. The lowest BCUT2D eigenvalue weighted by molar-refractivity contribution is 0.0517. The lowest BCUT2D eigenvalue weighted by atomic mass is 10.1. The fraction of sp³-hybridized carbons (Fsp3) is 0.700. The van der Waals surface area contributed by atoms with Crippen molar-refractivity contribution >= 4 is 0 Å². The van der Waals surface area contributed by atoms with Gasteiger partial charge in [-0.15, -0.1) is 0 Å². The van der Waals surface area contributed by atoms with Crippen LogP contribution in [0.5, 0.6) is 5.75 Å².